The molecule has 2 aromatic rings. The Morgan fingerprint density at radius 2 is 1.95 bits per heavy atom. The van der Waals surface area contributed by atoms with E-state index in [0.29, 0.717) is 11.3 Å². The van der Waals surface area contributed by atoms with Gasteiger partial charge in [0.25, 0.3) is 5.91 Å². The lowest BCUT2D eigenvalue weighted by atomic mass is 10.1. The van der Waals surface area contributed by atoms with Crippen LogP contribution in [0, 0.1) is 13.8 Å². The smallest absolute Gasteiger partial charge is 0.360 e. The van der Waals surface area contributed by atoms with Crippen LogP contribution in [0.15, 0.2) is 24.4 Å². The Morgan fingerprint density at radius 3 is 2.57 bits per heavy atom. The number of carbonyl (C=O) groups is 2. The lowest BCUT2D eigenvalue weighted by Crippen LogP contribution is -2.15. The number of methoxy groups -OCH3 is 1. The van der Waals surface area contributed by atoms with Gasteiger partial charge in [-0.15, -0.1) is 0 Å². The van der Waals surface area contributed by atoms with Crippen molar-refractivity contribution in [3.63, 3.8) is 0 Å². The summed E-state index contributed by atoms with van der Waals surface area (Å²) in [6.45, 7) is 3.92. The summed E-state index contributed by atoms with van der Waals surface area (Å²) in [6.07, 6.45) is 1.56. The summed E-state index contributed by atoms with van der Waals surface area (Å²) in [5, 5.41) is 6.67. The summed E-state index contributed by atoms with van der Waals surface area (Å²) in [6, 6.07) is 5.43. The molecule has 0 saturated heterocycles. The summed E-state index contributed by atoms with van der Waals surface area (Å²) < 4.78 is 6.09. The average Bonchev–Trinajstić information content (AvgIpc) is 2.81. The molecule has 0 radical (unpaired) electrons. The molecular formula is C15H17N3O3. The average molecular weight is 287 g/mol. The molecule has 6 heteroatoms. The van der Waals surface area contributed by atoms with Gasteiger partial charge in [0.05, 0.1) is 12.8 Å². The van der Waals surface area contributed by atoms with E-state index < -0.39 is 5.97 Å². The second kappa shape index (κ2) is 5.78. The third-order valence-corrected chi connectivity index (χ3v) is 3.22. The maximum Gasteiger partial charge on any atom is 0.360 e. The fourth-order valence-corrected chi connectivity index (χ4v) is 1.90. The van der Waals surface area contributed by atoms with E-state index in [0.717, 1.165) is 11.1 Å². The van der Waals surface area contributed by atoms with Gasteiger partial charge in [-0.2, -0.15) is 5.10 Å². The van der Waals surface area contributed by atoms with Crippen molar-refractivity contribution >= 4 is 17.6 Å². The number of anilines is 1. The number of aryl methyl sites for hydroxylation is 3. The van der Waals surface area contributed by atoms with Crippen LogP contribution in [-0.4, -0.2) is 28.8 Å². The Bertz CT molecular complexity index is 704. The third-order valence-electron chi connectivity index (χ3n) is 3.22. The molecule has 0 unspecified atom stereocenters. The van der Waals surface area contributed by atoms with Crippen LogP contribution < -0.4 is 5.32 Å². The van der Waals surface area contributed by atoms with Crippen molar-refractivity contribution in [3.05, 3.63) is 46.8 Å². The SMILES string of the molecule is COC(=O)c1nn(C)cc1NC(=O)c1ccc(C)c(C)c1. The first-order valence-corrected chi connectivity index (χ1v) is 6.43. The predicted molar refractivity (Wildman–Crippen MR) is 78.4 cm³/mol. The van der Waals surface area contributed by atoms with Crippen LogP contribution >= 0.6 is 0 Å². The van der Waals surface area contributed by atoms with E-state index in [9.17, 15) is 9.59 Å². The van der Waals surface area contributed by atoms with Crippen molar-refractivity contribution in [2.24, 2.45) is 7.05 Å². The van der Waals surface area contributed by atoms with E-state index in [1.165, 1.54) is 11.8 Å². The first-order valence-electron chi connectivity index (χ1n) is 6.43. The standard InChI is InChI=1S/C15H17N3O3/c1-9-5-6-11(7-10(9)2)14(19)16-12-8-18(3)17-13(12)15(20)21-4/h5-8H,1-4H3,(H,16,19). The maximum absolute atomic E-state index is 12.2. The number of nitrogens with one attached hydrogen (secondary N) is 1. The highest BCUT2D eigenvalue weighted by atomic mass is 16.5. The zero-order valence-electron chi connectivity index (χ0n) is 12.4. The van der Waals surface area contributed by atoms with Crippen molar-refractivity contribution in [2.75, 3.05) is 12.4 Å². The van der Waals surface area contributed by atoms with Gasteiger partial charge in [0, 0.05) is 18.8 Å². The second-order valence-electron chi connectivity index (χ2n) is 4.81. The summed E-state index contributed by atoms with van der Waals surface area (Å²) in [4.78, 5) is 23.9. The van der Waals surface area contributed by atoms with Crippen molar-refractivity contribution in [1.29, 1.82) is 0 Å². The zero-order valence-corrected chi connectivity index (χ0v) is 12.4. The Balaban J connectivity index is 2.27. The molecule has 0 spiro atoms. The van der Waals surface area contributed by atoms with E-state index in [2.05, 4.69) is 15.2 Å². The predicted octanol–water partition coefficient (Wildman–Crippen LogP) is 2.08. The summed E-state index contributed by atoms with van der Waals surface area (Å²) in [7, 11) is 2.93. The van der Waals surface area contributed by atoms with Crippen LogP contribution in [0.25, 0.3) is 0 Å². The molecule has 1 aromatic heterocycles. The summed E-state index contributed by atoms with van der Waals surface area (Å²) >= 11 is 0. The highest BCUT2D eigenvalue weighted by molar-refractivity contribution is 6.07. The topological polar surface area (TPSA) is 73.2 Å². The molecule has 1 aromatic carbocycles. The molecule has 1 N–H and O–H groups in total. The molecule has 6 nitrogen and oxygen atoms in total. The van der Waals surface area contributed by atoms with Gasteiger partial charge in [-0.05, 0) is 37.1 Å². The van der Waals surface area contributed by atoms with Crippen molar-refractivity contribution in [1.82, 2.24) is 9.78 Å². The molecule has 0 aliphatic rings. The number of ether oxygens (including phenoxy) is 1. The van der Waals surface area contributed by atoms with Gasteiger partial charge in [-0.3, -0.25) is 9.48 Å². The van der Waals surface area contributed by atoms with Crippen molar-refractivity contribution < 1.29 is 14.3 Å². The molecule has 0 aliphatic carbocycles. The van der Waals surface area contributed by atoms with Crippen LogP contribution in [0.3, 0.4) is 0 Å². The molecule has 0 fully saturated rings. The quantitative estimate of drug-likeness (QED) is 0.877. The Morgan fingerprint density at radius 1 is 1.24 bits per heavy atom. The van der Waals surface area contributed by atoms with E-state index in [4.69, 9.17) is 0 Å². The lowest BCUT2D eigenvalue weighted by Gasteiger charge is -2.06. The number of hydrogen-bond acceptors (Lipinski definition) is 4. The lowest BCUT2D eigenvalue weighted by molar-refractivity contribution is 0.0594. The highest BCUT2D eigenvalue weighted by Gasteiger charge is 2.19. The summed E-state index contributed by atoms with van der Waals surface area (Å²) in [5.74, 6) is -0.887. The zero-order chi connectivity index (χ0) is 15.6. The molecule has 1 heterocycles. The highest BCUT2D eigenvalue weighted by Crippen LogP contribution is 2.17. The Kier molecular flexibility index (Phi) is 4.07. The number of amides is 1. The fourth-order valence-electron chi connectivity index (χ4n) is 1.90. The van der Waals surface area contributed by atoms with Crippen molar-refractivity contribution in [3.8, 4) is 0 Å². The number of nitrogens with zero attached hydrogens (tertiary/aromatic N) is 2. The minimum Gasteiger partial charge on any atom is -0.464 e. The molecule has 0 aliphatic heterocycles. The van der Waals surface area contributed by atoms with E-state index in [1.54, 1.807) is 25.4 Å². The van der Waals surface area contributed by atoms with Crippen LogP contribution in [0.2, 0.25) is 0 Å². The number of hydrogen-bond donors (Lipinski definition) is 1. The van der Waals surface area contributed by atoms with Gasteiger partial charge in [-0.25, -0.2) is 4.79 Å². The first kappa shape index (κ1) is 14.8. The first-order chi connectivity index (χ1) is 9.92. The summed E-state index contributed by atoms with van der Waals surface area (Å²) in [5.41, 5.74) is 3.08. The maximum atomic E-state index is 12.2. The second-order valence-corrected chi connectivity index (χ2v) is 4.81. The Labute approximate surface area is 122 Å². The van der Waals surface area contributed by atoms with Gasteiger partial charge in [-0.1, -0.05) is 6.07 Å². The molecule has 21 heavy (non-hydrogen) atoms. The molecule has 1 amide bonds. The van der Waals surface area contributed by atoms with Gasteiger partial charge in [0.15, 0.2) is 5.69 Å². The fraction of sp³-hybridized carbons (Fsp3) is 0.267. The van der Waals surface area contributed by atoms with Crippen LogP contribution in [-0.2, 0) is 11.8 Å². The minimum absolute atomic E-state index is 0.0807. The molecule has 0 saturated carbocycles. The van der Waals surface area contributed by atoms with Gasteiger partial charge >= 0.3 is 5.97 Å². The largest absolute Gasteiger partial charge is 0.464 e. The number of esters is 1. The number of rotatable bonds is 3. The monoisotopic (exact) mass is 287 g/mol. The molecule has 0 atom stereocenters. The normalized spacial score (nSPS) is 10.3. The van der Waals surface area contributed by atoms with E-state index in [-0.39, 0.29) is 11.6 Å². The van der Waals surface area contributed by atoms with Gasteiger partial charge in [0.1, 0.15) is 0 Å². The molecule has 110 valence electrons. The van der Waals surface area contributed by atoms with Crippen LogP contribution in [0.1, 0.15) is 32.0 Å². The third kappa shape index (κ3) is 3.10. The van der Waals surface area contributed by atoms with Crippen LogP contribution in [0.4, 0.5) is 5.69 Å². The van der Waals surface area contributed by atoms with Crippen molar-refractivity contribution in [2.45, 2.75) is 13.8 Å². The number of aromatic nitrogens is 2. The number of carbonyl (C=O) groups excluding carboxylic acids is 2. The van der Waals surface area contributed by atoms with E-state index >= 15 is 0 Å². The number of benzene rings is 1. The molecule has 2 rings (SSSR count). The minimum atomic E-state index is -0.592. The van der Waals surface area contributed by atoms with Gasteiger partial charge < -0.3 is 10.1 Å². The van der Waals surface area contributed by atoms with Crippen LogP contribution in [0.5, 0.6) is 0 Å². The Hall–Kier alpha value is -2.63. The molecular weight excluding hydrogens is 270 g/mol. The van der Waals surface area contributed by atoms with Gasteiger partial charge in [0.2, 0.25) is 0 Å². The molecule has 0 bridgehead atoms. The van der Waals surface area contributed by atoms with E-state index in [1.807, 2.05) is 19.9 Å².